The van der Waals surface area contributed by atoms with Crippen molar-refractivity contribution < 1.29 is 9.59 Å². The summed E-state index contributed by atoms with van der Waals surface area (Å²) in [6, 6.07) is 16.8. The van der Waals surface area contributed by atoms with E-state index in [0.717, 1.165) is 43.5 Å². The lowest BCUT2D eigenvalue weighted by atomic mass is 9.97. The van der Waals surface area contributed by atoms with E-state index in [1.54, 1.807) is 0 Å². The Morgan fingerprint density at radius 3 is 2.47 bits per heavy atom. The van der Waals surface area contributed by atoms with Crippen molar-refractivity contribution in [2.75, 3.05) is 43.5 Å². The smallest absolute Gasteiger partial charge is 0.309 e. The van der Waals surface area contributed by atoms with Gasteiger partial charge in [-0.3, -0.25) is 9.59 Å². The van der Waals surface area contributed by atoms with E-state index in [-0.39, 0.29) is 6.04 Å². The molecule has 1 aliphatic carbocycles. The zero-order chi connectivity index (χ0) is 23.9. The van der Waals surface area contributed by atoms with Crippen molar-refractivity contribution in [2.24, 2.45) is 0 Å². The third kappa shape index (κ3) is 5.79. The van der Waals surface area contributed by atoms with Gasteiger partial charge in [0.15, 0.2) is 0 Å². The Kier molecular flexibility index (Phi) is 7.88. The first-order valence-corrected chi connectivity index (χ1v) is 12.4. The van der Waals surface area contributed by atoms with E-state index < -0.39 is 11.8 Å². The fourth-order valence-electron chi connectivity index (χ4n) is 4.91. The second kappa shape index (κ2) is 11.2. The second-order valence-corrected chi connectivity index (χ2v) is 9.40. The molecule has 34 heavy (non-hydrogen) atoms. The summed E-state index contributed by atoms with van der Waals surface area (Å²) in [7, 11) is 4.04. The maximum Gasteiger partial charge on any atom is 0.309 e. The molecule has 0 aromatic heterocycles. The molecule has 6 nitrogen and oxygen atoms in total. The summed E-state index contributed by atoms with van der Waals surface area (Å²) in [6.07, 6.45) is 8.77. The number of hydrogen-bond donors (Lipinski definition) is 2. The Morgan fingerprint density at radius 1 is 0.971 bits per heavy atom. The molecule has 2 aliphatic rings. The van der Waals surface area contributed by atoms with Crippen LogP contribution < -0.4 is 20.4 Å². The summed E-state index contributed by atoms with van der Waals surface area (Å²) in [5.74, 6) is -1.13. The molecule has 0 radical (unpaired) electrons. The predicted molar refractivity (Wildman–Crippen MR) is 138 cm³/mol. The van der Waals surface area contributed by atoms with Crippen molar-refractivity contribution in [3.8, 4) is 0 Å². The lowest BCUT2D eigenvalue weighted by molar-refractivity contribution is -0.139. The number of para-hydroxylation sites is 1. The quantitative estimate of drug-likeness (QED) is 0.462. The van der Waals surface area contributed by atoms with Crippen LogP contribution in [0.15, 0.2) is 60.2 Å². The van der Waals surface area contributed by atoms with Gasteiger partial charge in [0.05, 0.1) is 6.04 Å². The van der Waals surface area contributed by atoms with E-state index in [0.29, 0.717) is 13.1 Å². The van der Waals surface area contributed by atoms with Crippen LogP contribution in [0.2, 0.25) is 0 Å². The van der Waals surface area contributed by atoms with Gasteiger partial charge in [-0.05, 0) is 67.9 Å². The normalized spacial score (nSPS) is 15.8. The Hall–Kier alpha value is -3.28. The van der Waals surface area contributed by atoms with Crippen molar-refractivity contribution in [3.05, 3.63) is 71.3 Å². The average Bonchev–Trinajstić information content (AvgIpc) is 3.29. The minimum absolute atomic E-state index is 0.0518. The molecule has 1 aliphatic heterocycles. The highest BCUT2D eigenvalue weighted by Gasteiger charge is 2.28. The van der Waals surface area contributed by atoms with Gasteiger partial charge in [-0.15, -0.1) is 0 Å². The van der Waals surface area contributed by atoms with Crippen LogP contribution in [0.4, 0.5) is 11.4 Å². The van der Waals surface area contributed by atoms with E-state index in [9.17, 15) is 9.59 Å². The fourth-order valence-corrected chi connectivity index (χ4v) is 4.91. The third-order valence-corrected chi connectivity index (χ3v) is 6.87. The molecule has 0 spiro atoms. The summed E-state index contributed by atoms with van der Waals surface area (Å²) in [5, 5.41) is 5.68. The highest BCUT2D eigenvalue weighted by molar-refractivity contribution is 6.35. The lowest BCUT2D eigenvalue weighted by Crippen LogP contribution is -2.44. The first-order valence-electron chi connectivity index (χ1n) is 12.4. The van der Waals surface area contributed by atoms with Crippen molar-refractivity contribution >= 4 is 23.2 Å². The van der Waals surface area contributed by atoms with Gasteiger partial charge < -0.3 is 20.4 Å². The summed E-state index contributed by atoms with van der Waals surface area (Å²) >= 11 is 0. The van der Waals surface area contributed by atoms with Crippen LogP contribution in [0.25, 0.3) is 0 Å². The molecule has 1 unspecified atom stereocenters. The van der Waals surface area contributed by atoms with Gasteiger partial charge in [-0.1, -0.05) is 42.0 Å². The number of amides is 2. The SMILES string of the molecule is CN(C)c1ccc(C(CNC(=O)C(=O)NCCC2=CCCCC2)N2CCc3ccccc32)cc1. The number of hydrogen-bond acceptors (Lipinski definition) is 4. The molecule has 2 amide bonds. The van der Waals surface area contributed by atoms with Gasteiger partial charge in [-0.2, -0.15) is 0 Å². The summed E-state index contributed by atoms with van der Waals surface area (Å²) in [4.78, 5) is 29.4. The molecular weight excluding hydrogens is 424 g/mol. The number of fused-ring (bicyclic) bond motifs is 1. The molecular formula is C28H36N4O2. The second-order valence-electron chi connectivity index (χ2n) is 9.40. The molecule has 6 heteroatoms. The van der Waals surface area contributed by atoms with E-state index in [2.05, 4.69) is 75.0 Å². The van der Waals surface area contributed by atoms with E-state index in [1.807, 2.05) is 14.1 Å². The van der Waals surface area contributed by atoms with Gasteiger partial charge in [-0.25, -0.2) is 0 Å². The molecule has 2 aromatic carbocycles. The topological polar surface area (TPSA) is 64.7 Å². The van der Waals surface area contributed by atoms with E-state index in [1.165, 1.54) is 29.7 Å². The fraction of sp³-hybridized carbons (Fsp3) is 0.429. The van der Waals surface area contributed by atoms with Crippen molar-refractivity contribution in [1.82, 2.24) is 10.6 Å². The molecule has 0 saturated heterocycles. The van der Waals surface area contributed by atoms with E-state index >= 15 is 0 Å². The summed E-state index contributed by atoms with van der Waals surface area (Å²) in [5.41, 5.74) is 6.15. The molecule has 2 aromatic rings. The Labute approximate surface area is 203 Å². The maximum absolute atomic E-state index is 12.6. The lowest BCUT2D eigenvalue weighted by Gasteiger charge is -2.31. The minimum Gasteiger partial charge on any atom is -0.378 e. The first kappa shape index (κ1) is 23.9. The maximum atomic E-state index is 12.6. The van der Waals surface area contributed by atoms with Gasteiger partial charge >= 0.3 is 11.8 Å². The van der Waals surface area contributed by atoms with Crippen molar-refractivity contribution in [2.45, 2.75) is 44.6 Å². The number of benzene rings is 2. The third-order valence-electron chi connectivity index (χ3n) is 6.87. The van der Waals surface area contributed by atoms with Crippen LogP contribution in [0.5, 0.6) is 0 Å². The molecule has 0 bridgehead atoms. The van der Waals surface area contributed by atoms with Crippen molar-refractivity contribution in [1.29, 1.82) is 0 Å². The number of carbonyl (C=O) groups is 2. The van der Waals surface area contributed by atoms with Crippen LogP contribution in [-0.2, 0) is 16.0 Å². The molecule has 1 atom stereocenters. The van der Waals surface area contributed by atoms with Gasteiger partial charge in [0.2, 0.25) is 0 Å². The zero-order valence-electron chi connectivity index (χ0n) is 20.3. The van der Waals surface area contributed by atoms with Crippen LogP contribution >= 0.6 is 0 Å². The van der Waals surface area contributed by atoms with Gasteiger partial charge in [0.25, 0.3) is 0 Å². The average molecular weight is 461 g/mol. The predicted octanol–water partition coefficient (Wildman–Crippen LogP) is 3.98. The molecule has 180 valence electrons. The first-order chi connectivity index (χ1) is 16.5. The van der Waals surface area contributed by atoms with Crippen LogP contribution in [0.3, 0.4) is 0 Å². The highest BCUT2D eigenvalue weighted by atomic mass is 16.2. The minimum atomic E-state index is -0.569. The number of carbonyl (C=O) groups excluding carboxylic acids is 2. The highest BCUT2D eigenvalue weighted by Crippen LogP contribution is 2.35. The van der Waals surface area contributed by atoms with Gasteiger partial charge in [0, 0.05) is 45.1 Å². The van der Waals surface area contributed by atoms with Crippen LogP contribution in [-0.4, -0.2) is 45.5 Å². The summed E-state index contributed by atoms with van der Waals surface area (Å²) in [6.45, 7) is 1.76. The monoisotopic (exact) mass is 460 g/mol. The van der Waals surface area contributed by atoms with Crippen molar-refractivity contribution in [3.63, 3.8) is 0 Å². The molecule has 0 fully saturated rings. The molecule has 1 heterocycles. The number of rotatable bonds is 8. The number of allylic oxidation sites excluding steroid dienone is 1. The number of nitrogens with one attached hydrogen (secondary N) is 2. The van der Waals surface area contributed by atoms with Crippen LogP contribution in [0, 0.1) is 0 Å². The zero-order valence-corrected chi connectivity index (χ0v) is 20.3. The largest absolute Gasteiger partial charge is 0.378 e. The molecule has 2 N–H and O–H groups in total. The number of nitrogens with zero attached hydrogens (tertiary/aromatic N) is 2. The number of anilines is 2. The van der Waals surface area contributed by atoms with Crippen LogP contribution in [0.1, 0.15) is 49.3 Å². The van der Waals surface area contributed by atoms with E-state index in [4.69, 9.17) is 0 Å². The Morgan fingerprint density at radius 2 is 1.74 bits per heavy atom. The molecule has 4 rings (SSSR count). The standard InChI is InChI=1S/C28H36N4O2/c1-31(2)24-14-12-23(13-15-24)26(32-19-17-22-10-6-7-11-25(22)32)20-30-28(34)27(33)29-18-16-21-8-4-3-5-9-21/h6-8,10-15,26H,3-5,9,16-20H2,1-2H3,(H,29,33)(H,30,34). The Bertz CT molecular complexity index is 1030. The summed E-state index contributed by atoms with van der Waals surface area (Å²) < 4.78 is 0. The molecule has 0 saturated carbocycles. The Balaban J connectivity index is 1.40. The van der Waals surface area contributed by atoms with Gasteiger partial charge in [0.1, 0.15) is 0 Å².